The van der Waals surface area contributed by atoms with E-state index < -0.39 is 5.60 Å². The highest BCUT2D eigenvalue weighted by molar-refractivity contribution is 6.32. The predicted octanol–water partition coefficient (Wildman–Crippen LogP) is 5.05. The first-order valence-corrected chi connectivity index (χ1v) is 9.26. The van der Waals surface area contributed by atoms with Crippen molar-refractivity contribution in [3.8, 4) is 5.75 Å². The smallest absolute Gasteiger partial charge is 0.256 e. The van der Waals surface area contributed by atoms with Crippen LogP contribution in [-0.2, 0) is 9.53 Å². The monoisotopic (exact) mass is 353 g/mol. The Morgan fingerprint density at radius 2 is 2.21 bits per heavy atom. The van der Waals surface area contributed by atoms with Crippen LogP contribution in [0.1, 0.15) is 52.9 Å². The fourth-order valence-corrected chi connectivity index (χ4v) is 3.53. The van der Waals surface area contributed by atoms with Gasteiger partial charge in [-0.3, -0.25) is 4.79 Å². The maximum Gasteiger partial charge on any atom is 0.256 e. The fourth-order valence-electron chi connectivity index (χ4n) is 3.30. The number of carbonyl (C=O) groups excluding carboxylic acids is 1. The molecule has 1 N–H and O–H groups in total. The molecule has 0 bridgehead atoms. The number of ether oxygens (including phenoxy) is 2. The van der Waals surface area contributed by atoms with Gasteiger partial charge in [0.2, 0.25) is 0 Å². The number of amides is 1. The molecule has 1 aliphatic rings. The number of rotatable bonds is 7. The van der Waals surface area contributed by atoms with Crippen LogP contribution < -0.4 is 10.1 Å². The molecule has 0 saturated heterocycles. The van der Waals surface area contributed by atoms with Crippen molar-refractivity contribution in [1.29, 1.82) is 0 Å². The lowest BCUT2D eigenvalue weighted by atomic mass is 9.78. The molecular formula is C19H28ClNO3. The average Bonchev–Trinajstić information content (AvgIpc) is 2.55. The van der Waals surface area contributed by atoms with Gasteiger partial charge in [0.1, 0.15) is 11.4 Å². The minimum atomic E-state index is -0.723. The van der Waals surface area contributed by atoms with Crippen LogP contribution in [0, 0.1) is 5.92 Å². The summed E-state index contributed by atoms with van der Waals surface area (Å²) in [5.74, 6) is 1.05. The van der Waals surface area contributed by atoms with Crippen molar-refractivity contribution in [2.24, 2.45) is 5.92 Å². The minimum absolute atomic E-state index is 0.0669. The quantitative estimate of drug-likeness (QED) is 0.745. The van der Waals surface area contributed by atoms with Crippen molar-refractivity contribution in [3.63, 3.8) is 0 Å². The van der Waals surface area contributed by atoms with Gasteiger partial charge in [0, 0.05) is 12.3 Å². The van der Waals surface area contributed by atoms with Crippen molar-refractivity contribution in [2.75, 3.05) is 18.5 Å². The zero-order valence-electron chi connectivity index (χ0n) is 14.9. The van der Waals surface area contributed by atoms with Gasteiger partial charge in [-0.15, -0.1) is 0 Å². The van der Waals surface area contributed by atoms with Crippen LogP contribution in [0.15, 0.2) is 18.2 Å². The van der Waals surface area contributed by atoms with E-state index in [4.69, 9.17) is 21.1 Å². The van der Waals surface area contributed by atoms with Crippen LogP contribution in [0.3, 0.4) is 0 Å². The third-order valence-electron chi connectivity index (χ3n) is 4.44. The molecule has 1 saturated carbocycles. The normalized spacial score (nSPS) is 23.8. The summed E-state index contributed by atoms with van der Waals surface area (Å²) in [5, 5.41) is 3.48. The zero-order chi connectivity index (χ0) is 17.6. The zero-order valence-corrected chi connectivity index (χ0v) is 15.6. The number of carbonyl (C=O) groups is 1. The van der Waals surface area contributed by atoms with E-state index in [1.165, 1.54) is 0 Å². The van der Waals surface area contributed by atoms with Crippen LogP contribution in [0.4, 0.5) is 5.69 Å². The van der Waals surface area contributed by atoms with E-state index >= 15 is 0 Å². The van der Waals surface area contributed by atoms with Crippen LogP contribution >= 0.6 is 11.6 Å². The number of halogens is 1. The molecule has 24 heavy (non-hydrogen) atoms. The van der Waals surface area contributed by atoms with Gasteiger partial charge in [-0.1, -0.05) is 31.9 Å². The molecule has 5 heteroatoms. The summed E-state index contributed by atoms with van der Waals surface area (Å²) in [7, 11) is 0. The average molecular weight is 354 g/mol. The first-order chi connectivity index (χ1) is 11.5. The van der Waals surface area contributed by atoms with E-state index in [-0.39, 0.29) is 5.91 Å². The lowest BCUT2D eigenvalue weighted by molar-refractivity contribution is -0.148. The van der Waals surface area contributed by atoms with Gasteiger partial charge in [-0.2, -0.15) is 0 Å². The third-order valence-corrected chi connectivity index (χ3v) is 4.74. The highest BCUT2D eigenvalue weighted by atomic mass is 35.5. The molecule has 1 aromatic rings. The van der Waals surface area contributed by atoms with Gasteiger partial charge in [0.25, 0.3) is 5.91 Å². The standard InChI is InChI=1S/C19H28ClNO3/c1-4-11-24-19(10-6-7-14(3)13-19)18(22)21-15-8-9-17(23-5-2)16(20)12-15/h8-9,12,14H,4-7,10-11,13H2,1-3H3,(H,21,22). The van der Waals surface area contributed by atoms with Gasteiger partial charge in [0.05, 0.1) is 11.6 Å². The van der Waals surface area contributed by atoms with E-state index in [1.807, 2.05) is 13.0 Å². The Kier molecular flexibility index (Phi) is 6.93. The second-order valence-electron chi connectivity index (χ2n) is 6.58. The first kappa shape index (κ1) is 19.1. The highest BCUT2D eigenvalue weighted by Gasteiger charge is 2.42. The molecule has 0 aliphatic heterocycles. The molecule has 0 heterocycles. The second-order valence-corrected chi connectivity index (χ2v) is 6.98. The van der Waals surface area contributed by atoms with E-state index in [0.29, 0.717) is 35.6 Å². The van der Waals surface area contributed by atoms with Crippen molar-refractivity contribution in [1.82, 2.24) is 0 Å². The van der Waals surface area contributed by atoms with E-state index in [9.17, 15) is 4.79 Å². The molecule has 0 spiro atoms. The summed E-state index contributed by atoms with van der Waals surface area (Å²) >= 11 is 6.21. The number of anilines is 1. The fraction of sp³-hybridized carbons (Fsp3) is 0.632. The van der Waals surface area contributed by atoms with E-state index in [2.05, 4.69) is 19.2 Å². The number of nitrogens with one attached hydrogen (secondary N) is 1. The topological polar surface area (TPSA) is 47.6 Å². The highest BCUT2D eigenvalue weighted by Crippen LogP contribution is 2.37. The molecule has 0 aromatic heterocycles. The maximum absolute atomic E-state index is 13.0. The summed E-state index contributed by atoms with van der Waals surface area (Å²) in [6.07, 6.45) is 4.61. The van der Waals surface area contributed by atoms with Gasteiger partial charge < -0.3 is 14.8 Å². The lowest BCUT2D eigenvalue weighted by Crippen LogP contribution is -2.48. The molecule has 2 atom stereocenters. The summed E-state index contributed by atoms with van der Waals surface area (Å²) in [6, 6.07) is 5.32. The summed E-state index contributed by atoms with van der Waals surface area (Å²) in [4.78, 5) is 13.0. The molecular weight excluding hydrogens is 326 g/mol. The van der Waals surface area contributed by atoms with Gasteiger partial charge in [-0.25, -0.2) is 0 Å². The molecule has 1 fully saturated rings. The number of benzene rings is 1. The molecule has 134 valence electrons. The molecule has 4 nitrogen and oxygen atoms in total. The largest absolute Gasteiger partial charge is 0.492 e. The Labute approximate surface area is 149 Å². The summed E-state index contributed by atoms with van der Waals surface area (Å²) in [5.41, 5.74) is -0.0511. The Bertz CT molecular complexity index is 564. The van der Waals surface area contributed by atoms with E-state index in [1.54, 1.807) is 12.1 Å². The van der Waals surface area contributed by atoms with Crippen LogP contribution in [0.5, 0.6) is 5.75 Å². The lowest BCUT2D eigenvalue weighted by Gasteiger charge is -2.38. The molecule has 2 unspecified atom stereocenters. The van der Waals surface area contributed by atoms with Gasteiger partial charge in [0.15, 0.2) is 0 Å². The Hall–Kier alpha value is -1.26. The van der Waals surface area contributed by atoms with Crippen LogP contribution in [-0.4, -0.2) is 24.7 Å². The maximum atomic E-state index is 13.0. The molecule has 1 amide bonds. The molecule has 2 rings (SSSR count). The Morgan fingerprint density at radius 1 is 1.42 bits per heavy atom. The third kappa shape index (κ3) is 4.64. The van der Waals surface area contributed by atoms with Crippen molar-refractivity contribution >= 4 is 23.2 Å². The molecule has 1 aliphatic carbocycles. The number of hydrogen-bond donors (Lipinski definition) is 1. The van der Waals surface area contributed by atoms with Crippen molar-refractivity contribution in [2.45, 2.75) is 58.5 Å². The van der Waals surface area contributed by atoms with Gasteiger partial charge in [-0.05, 0) is 56.7 Å². The van der Waals surface area contributed by atoms with Crippen LogP contribution in [0.25, 0.3) is 0 Å². The summed E-state index contributed by atoms with van der Waals surface area (Å²) in [6.45, 7) is 7.31. The van der Waals surface area contributed by atoms with E-state index in [0.717, 1.165) is 32.1 Å². The van der Waals surface area contributed by atoms with Crippen molar-refractivity contribution < 1.29 is 14.3 Å². The minimum Gasteiger partial charge on any atom is -0.492 e. The second kappa shape index (κ2) is 8.72. The SMILES string of the molecule is CCCOC1(C(=O)Nc2ccc(OCC)c(Cl)c2)CCCC(C)C1. The molecule has 1 aromatic carbocycles. The number of hydrogen-bond acceptors (Lipinski definition) is 3. The Balaban J connectivity index is 2.13. The van der Waals surface area contributed by atoms with Gasteiger partial charge >= 0.3 is 0 Å². The summed E-state index contributed by atoms with van der Waals surface area (Å²) < 4.78 is 11.5. The first-order valence-electron chi connectivity index (χ1n) is 8.88. The van der Waals surface area contributed by atoms with Crippen LogP contribution in [0.2, 0.25) is 5.02 Å². The molecule has 0 radical (unpaired) electrons. The Morgan fingerprint density at radius 3 is 2.83 bits per heavy atom. The predicted molar refractivity (Wildman–Crippen MR) is 97.9 cm³/mol. The van der Waals surface area contributed by atoms with Crippen molar-refractivity contribution in [3.05, 3.63) is 23.2 Å².